The Hall–Kier alpha value is -2.63. The van der Waals surface area contributed by atoms with E-state index in [1.54, 1.807) is 10.9 Å². The minimum Gasteiger partial charge on any atom is -0.339 e. The first-order chi connectivity index (χ1) is 13.5. The van der Waals surface area contributed by atoms with Crippen LogP contribution in [-0.4, -0.2) is 50.5 Å². The Balaban J connectivity index is 1.48. The average Bonchev–Trinajstić information content (AvgIpc) is 3.24. The number of rotatable bonds is 4. The molecule has 2 fully saturated rings. The fourth-order valence-electron chi connectivity index (χ4n) is 4.43. The van der Waals surface area contributed by atoms with Crippen LogP contribution in [0.4, 0.5) is 0 Å². The fourth-order valence-corrected chi connectivity index (χ4v) is 4.43. The van der Waals surface area contributed by atoms with Crippen molar-refractivity contribution in [2.45, 2.75) is 52.2 Å². The maximum atomic E-state index is 12.8. The Morgan fingerprint density at radius 1 is 1.14 bits per heavy atom. The Kier molecular flexibility index (Phi) is 5.20. The van der Waals surface area contributed by atoms with Gasteiger partial charge in [0.25, 0.3) is 0 Å². The van der Waals surface area contributed by atoms with Crippen molar-refractivity contribution < 1.29 is 9.59 Å². The molecule has 0 spiro atoms. The highest BCUT2D eigenvalue weighted by Gasteiger charge is 2.41. The van der Waals surface area contributed by atoms with Gasteiger partial charge in [-0.1, -0.05) is 29.8 Å². The molecule has 2 aliphatic heterocycles. The van der Waals surface area contributed by atoms with Gasteiger partial charge in [-0.2, -0.15) is 5.10 Å². The highest BCUT2D eigenvalue weighted by molar-refractivity contribution is 5.78. The predicted octanol–water partition coefficient (Wildman–Crippen LogP) is 2.54. The Labute approximate surface area is 166 Å². The fraction of sp³-hybridized carbons (Fsp3) is 0.500. The van der Waals surface area contributed by atoms with Crippen molar-refractivity contribution in [1.82, 2.24) is 19.6 Å². The van der Waals surface area contributed by atoms with Gasteiger partial charge in [-0.15, -0.1) is 0 Å². The topological polar surface area (TPSA) is 58.4 Å². The van der Waals surface area contributed by atoms with Crippen LogP contribution in [0.15, 0.2) is 36.7 Å². The van der Waals surface area contributed by atoms with Gasteiger partial charge in [0.1, 0.15) is 6.54 Å². The van der Waals surface area contributed by atoms with E-state index in [0.717, 1.165) is 30.5 Å². The second kappa shape index (κ2) is 7.78. The molecule has 0 aliphatic carbocycles. The molecule has 0 bridgehead atoms. The predicted molar refractivity (Wildman–Crippen MR) is 106 cm³/mol. The van der Waals surface area contributed by atoms with Gasteiger partial charge in [-0.25, -0.2) is 0 Å². The summed E-state index contributed by atoms with van der Waals surface area (Å²) in [5.41, 5.74) is 3.42. The summed E-state index contributed by atoms with van der Waals surface area (Å²) in [6.07, 6.45) is 6.18. The van der Waals surface area contributed by atoms with Crippen LogP contribution in [0.2, 0.25) is 0 Å². The molecular formula is C22H28N4O2. The first kappa shape index (κ1) is 18.7. The Morgan fingerprint density at radius 3 is 2.64 bits per heavy atom. The number of likely N-dealkylation sites (tertiary alicyclic amines) is 2. The summed E-state index contributed by atoms with van der Waals surface area (Å²) < 4.78 is 1.70. The molecule has 0 saturated carbocycles. The van der Waals surface area contributed by atoms with E-state index in [1.165, 1.54) is 5.56 Å². The molecule has 1 aromatic heterocycles. The number of hydrogen-bond acceptors (Lipinski definition) is 3. The van der Waals surface area contributed by atoms with E-state index < -0.39 is 0 Å². The summed E-state index contributed by atoms with van der Waals surface area (Å²) in [7, 11) is 0. The SMILES string of the molecule is Cc1ccc(CN2C(=O)CCC[C@@H]3CN(C(=O)Cn4cc(C)cn4)C[C@@H]32)cc1. The van der Waals surface area contributed by atoms with Crippen LogP contribution >= 0.6 is 0 Å². The summed E-state index contributed by atoms with van der Waals surface area (Å²) in [6.45, 7) is 6.29. The third kappa shape index (κ3) is 3.96. The summed E-state index contributed by atoms with van der Waals surface area (Å²) in [5, 5.41) is 4.23. The van der Waals surface area contributed by atoms with E-state index in [9.17, 15) is 9.59 Å². The number of hydrogen-bond donors (Lipinski definition) is 0. The molecule has 2 saturated heterocycles. The van der Waals surface area contributed by atoms with E-state index in [-0.39, 0.29) is 24.4 Å². The number of aromatic nitrogens is 2. The highest BCUT2D eigenvalue weighted by atomic mass is 16.2. The summed E-state index contributed by atoms with van der Waals surface area (Å²) in [5.74, 6) is 0.657. The van der Waals surface area contributed by atoms with Crippen molar-refractivity contribution in [2.75, 3.05) is 13.1 Å². The molecule has 0 radical (unpaired) electrons. The van der Waals surface area contributed by atoms with Crippen molar-refractivity contribution in [3.8, 4) is 0 Å². The second-order valence-electron chi connectivity index (χ2n) is 8.24. The third-order valence-corrected chi connectivity index (χ3v) is 5.98. The van der Waals surface area contributed by atoms with Gasteiger partial charge in [0.2, 0.25) is 11.8 Å². The van der Waals surface area contributed by atoms with E-state index >= 15 is 0 Å². The quantitative estimate of drug-likeness (QED) is 0.819. The van der Waals surface area contributed by atoms with Crippen molar-refractivity contribution in [2.24, 2.45) is 5.92 Å². The molecular weight excluding hydrogens is 352 g/mol. The van der Waals surface area contributed by atoms with Crippen molar-refractivity contribution in [3.05, 3.63) is 53.3 Å². The summed E-state index contributed by atoms with van der Waals surface area (Å²) in [4.78, 5) is 29.6. The normalized spacial score (nSPS) is 22.3. The average molecular weight is 380 g/mol. The molecule has 2 aromatic rings. The maximum absolute atomic E-state index is 12.8. The van der Waals surface area contributed by atoms with Gasteiger partial charge in [0, 0.05) is 32.3 Å². The Bertz CT molecular complexity index is 858. The van der Waals surface area contributed by atoms with Gasteiger partial charge >= 0.3 is 0 Å². The largest absolute Gasteiger partial charge is 0.339 e. The number of carbonyl (C=O) groups is 2. The molecule has 2 aliphatic rings. The van der Waals surface area contributed by atoms with Crippen LogP contribution in [-0.2, 0) is 22.7 Å². The van der Waals surface area contributed by atoms with Gasteiger partial charge < -0.3 is 9.80 Å². The minimum atomic E-state index is 0.0823. The van der Waals surface area contributed by atoms with Crippen molar-refractivity contribution in [1.29, 1.82) is 0 Å². The zero-order valence-corrected chi connectivity index (χ0v) is 16.7. The summed E-state index contributed by atoms with van der Waals surface area (Å²) >= 11 is 0. The van der Waals surface area contributed by atoms with Crippen molar-refractivity contribution >= 4 is 11.8 Å². The zero-order chi connectivity index (χ0) is 19.7. The van der Waals surface area contributed by atoms with Crippen molar-refractivity contribution in [3.63, 3.8) is 0 Å². The molecule has 2 atom stereocenters. The lowest BCUT2D eigenvalue weighted by molar-refractivity contribution is -0.135. The number of nitrogens with zero attached hydrogens (tertiary/aromatic N) is 4. The van der Waals surface area contributed by atoms with Gasteiger partial charge in [0.05, 0.1) is 12.2 Å². The van der Waals surface area contributed by atoms with E-state index in [1.807, 2.05) is 22.9 Å². The molecule has 28 heavy (non-hydrogen) atoms. The van der Waals surface area contributed by atoms with Crippen LogP contribution in [0, 0.1) is 19.8 Å². The molecule has 1 aromatic carbocycles. The van der Waals surface area contributed by atoms with E-state index in [2.05, 4.69) is 36.3 Å². The second-order valence-corrected chi connectivity index (χ2v) is 8.24. The Morgan fingerprint density at radius 2 is 1.93 bits per heavy atom. The van der Waals surface area contributed by atoms with Crippen LogP contribution < -0.4 is 0 Å². The van der Waals surface area contributed by atoms with Crippen LogP contribution in [0.5, 0.6) is 0 Å². The molecule has 6 nitrogen and oxygen atoms in total. The number of benzene rings is 1. The first-order valence-electron chi connectivity index (χ1n) is 10.1. The minimum absolute atomic E-state index is 0.0823. The third-order valence-electron chi connectivity index (χ3n) is 5.98. The molecule has 148 valence electrons. The standard InChI is InChI=1S/C22H28N4O2/c1-16-6-8-18(9-7-16)12-26-20-14-24(13-19(20)4-3-5-21(26)27)22(28)15-25-11-17(2)10-23-25/h6-11,19-20H,3-5,12-15H2,1-2H3/t19-,20+/m1/s1. The number of aryl methyl sites for hydroxylation is 2. The number of fused-ring (bicyclic) bond motifs is 1. The summed E-state index contributed by atoms with van der Waals surface area (Å²) in [6, 6.07) is 8.48. The number of carbonyl (C=O) groups excluding carboxylic acids is 2. The molecule has 6 heteroatoms. The highest BCUT2D eigenvalue weighted by Crippen LogP contribution is 2.31. The molecule has 4 rings (SSSR count). The smallest absolute Gasteiger partial charge is 0.244 e. The molecule has 2 amide bonds. The number of amides is 2. The van der Waals surface area contributed by atoms with Gasteiger partial charge in [0.15, 0.2) is 0 Å². The first-order valence-corrected chi connectivity index (χ1v) is 10.1. The monoisotopic (exact) mass is 380 g/mol. The van der Waals surface area contributed by atoms with Crippen LogP contribution in [0.25, 0.3) is 0 Å². The van der Waals surface area contributed by atoms with Crippen LogP contribution in [0.1, 0.15) is 36.0 Å². The van der Waals surface area contributed by atoms with Crippen LogP contribution in [0.3, 0.4) is 0 Å². The van der Waals surface area contributed by atoms with E-state index in [4.69, 9.17) is 0 Å². The lowest BCUT2D eigenvalue weighted by Gasteiger charge is -2.30. The molecule has 0 unspecified atom stereocenters. The zero-order valence-electron chi connectivity index (χ0n) is 16.7. The molecule has 0 N–H and O–H groups in total. The lowest BCUT2D eigenvalue weighted by atomic mass is 9.98. The van der Waals surface area contributed by atoms with E-state index in [0.29, 0.717) is 25.4 Å². The maximum Gasteiger partial charge on any atom is 0.244 e. The van der Waals surface area contributed by atoms with Gasteiger partial charge in [-0.3, -0.25) is 14.3 Å². The molecule has 3 heterocycles. The lowest BCUT2D eigenvalue weighted by Crippen LogP contribution is -2.43. The van der Waals surface area contributed by atoms with Gasteiger partial charge in [-0.05, 0) is 43.7 Å².